The summed E-state index contributed by atoms with van der Waals surface area (Å²) in [6.07, 6.45) is 0. The molecule has 27 heavy (non-hydrogen) atoms. The Bertz CT molecular complexity index is 889. The van der Waals surface area contributed by atoms with Gasteiger partial charge < -0.3 is 14.5 Å². The molecule has 1 amide bonds. The number of methoxy groups -OCH3 is 1. The van der Waals surface area contributed by atoms with E-state index in [0.29, 0.717) is 18.8 Å². The van der Waals surface area contributed by atoms with E-state index in [1.165, 1.54) is 0 Å². The van der Waals surface area contributed by atoms with Crippen LogP contribution in [0.25, 0.3) is 0 Å². The molecule has 0 radical (unpaired) electrons. The zero-order valence-electron chi connectivity index (χ0n) is 16.3. The molecular formula is C20H25N5O2. The Labute approximate surface area is 159 Å². The van der Waals surface area contributed by atoms with Crippen molar-refractivity contribution in [3.63, 3.8) is 0 Å². The van der Waals surface area contributed by atoms with Crippen LogP contribution < -0.4 is 9.64 Å². The molecule has 1 saturated heterocycles. The standard InChI is InChI=1S/C20H25N5O2/c1-14-5-6-17(11-19(14)27-4)23-7-9-24(10-8-23)20(26)13-25-16(3)15(2)18(12-21)22-25/h5-6,11H,7-10,13H2,1-4H3. The van der Waals surface area contributed by atoms with Gasteiger partial charge in [0.2, 0.25) is 5.91 Å². The van der Waals surface area contributed by atoms with Crippen molar-refractivity contribution in [1.29, 1.82) is 5.26 Å². The van der Waals surface area contributed by atoms with E-state index >= 15 is 0 Å². The van der Waals surface area contributed by atoms with Crippen molar-refractivity contribution >= 4 is 11.6 Å². The van der Waals surface area contributed by atoms with Gasteiger partial charge >= 0.3 is 0 Å². The van der Waals surface area contributed by atoms with Crippen molar-refractivity contribution in [2.75, 3.05) is 38.2 Å². The van der Waals surface area contributed by atoms with Crippen molar-refractivity contribution in [2.45, 2.75) is 27.3 Å². The molecule has 7 heteroatoms. The molecule has 142 valence electrons. The first-order chi connectivity index (χ1) is 12.9. The first-order valence-electron chi connectivity index (χ1n) is 9.06. The SMILES string of the molecule is COc1cc(N2CCN(C(=O)Cn3nc(C#N)c(C)c3C)CC2)ccc1C. The van der Waals surface area contributed by atoms with Crippen LogP contribution in [0, 0.1) is 32.1 Å². The van der Waals surface area contributed by atoms with Gasteiger partial charge in [0.05, 0.1) is 7.11 Å². The molecule has 0 spiro atoms. The third-order valence-corrected chi connectivity index (χ3v) is 5.29. The predicted molar refractivity (Wildman–Crippen MR) is 103 cm³/mol. The summed E-state index contributed by atoms with van der Waals surface area (Å²) in [5.74, 6) is 0.912. The van der Waals surface area contributed by atoms with Crippen molar-refractivity contribution in [2.24, 2.45) is 0 Å². The van der Waals surface area contributed by atoms with Crippen LogP contribution in [-0.4, -0.2) is 53.9 Å². The van der Waals surface area contributed by atoms with E-state index in [-0.39, 0.29) is 12.5 Å². The molecule has 1 aliphatic rings. The first kappa shape index (κ1) is 18.8. The summed E-state index contributed by atoms with van der Waals surface area (Å²) in [6.45, 7) is 8.83. The van der Waals surface area contributed by atoms with Crippen molar-refractivity contribution < 1.29 is 9.53 Å². The number of ether oxygens (including phenoxy) is 1. The largest absolute Gasteiger partial charge is 0.496 e. The number of rotatable bonds is 4. The summed E-state index contributed by atoms with van der Waals surface area (Å²) < 4.78 is 7.04. The van der Waals surface area contributed by atoms with Gasteiger partial charge in [0.15, 0.2) is 5.69 Å². The zero-order valence-corrected chi connectivity index (χ0v) is 16.3. The van der Waals surface area contributed by atoms with Gasteiger partial charge in [-0.05, 0) is 32.4 Å². The summed E-state index contributed by atoms with van der Waals surface area (Å²) in [5, 5.41) is 13.3. The molecule has 1 aliphatic heterocycles. The van der Waals surface area contributed by atoms with Crippen LogP contribution in [0.3, 0.4) is 0 Å². The van der Waals surface area contributed by atoms with E-state index in [0.717, 1.165) is 41.3 Å². The van der Waals surface area contributed by atoms with Crippen molar-refractivity contribution in [3.8, 4) is 11.8 Å². The molecule has 7 nitrogen and oxygen atoms in total. The molecule has 1 aromatic heterocycles. The number of nitriles is 1. The van der Waals surface area contributed by atoms with E-state index in [1.807, 2.05) is 31.7 Å². The normalized spacial score (nSPS) is 14.2. The van der Waals surface area contributed by atoms with Gasteiger partial charge in [-0.25, -0.2) is 0 Å². The Kier molecular flexibility index (Phi) is 5.36. The lowest BCUT2D eigenvalue weighted by Gasteiger charge is -2.36. The number of hydrogen-bond acceptors (Lipinski definition) is 5. The van der Waals surface area contributed by atoms with E-state index < -0.39 is 0 Å². The lowest BCUT2D eigenvalue weighted by atomic mass is 10.1. The van der Waals surface area contributed by atoms with Crippen LogP contribution in [0.15, 0.2) is 18.2 Å². The number of aromatic nitrogens is 2. The Morgan fingerprint density at radius 3 is 2.52 bits per heavy atom. The van der Waals surface area contributed by atoms with E-state index in [2.05, 4.69) is 28.2 Å². The predicted octanol–water partition coefficient (Wildman–Crippen LogP) is 2.04. The van der Waals surface area contributed by atoms with Gasteiger partial charge in [-0.1, -0.05) is 6.07 Å². The monoisotopic (exact) mass is 367 g/mol. The minimum absolute atomic E-state index is 0.0335. The molecule has 1 fully saturated rings. The number of nitrogens with zero attached hydrogens (tertiary/aromatic N) is 5. The Balaban J connectivity index is 1.62. The minimum atomic E-state index is 0.0335. The van der Waals surface area contributed by atoms with Crippen LogP contribution in [-0.2, 0) is 11.3 Å². The van der Waals surface area contributed by atoms with Crippen LogP contribution in [0.1, 0.15) is 22.5 Å². The molecule has 0 N–H and O–H groups in total. The van der Waals surface area contributed by atoms with Crippen LogP contribution in [0.5, 0.6) is 5.75 Å². The molecule has 0 bridgehead atoms. The maximum atomic E-state index is 12.7. The molecule has 2 heterocycles. The number of amides is 1. The highest BCUT2D eigenvalue weighted by Gasteiger charge is 2.23. The maximum absolute atomic E-state index is 12.7. The highest BCUT2D eigenvalue weighted by molar-refractivity contribution is 5.76. The van der Waals surface area contributed by atoms with Gasteiger partial charge in [0.25, 0.3) is 0 Å². The highest BCUT2D eigenvalue weighted by Crippen LogP contribution is 2.25. The Morgan fingerprint density at radius 1 is 1.22 bits per heavy atom. The number of piperazine rings is 1. The third kappa shape index (κ3) is 3.75. The quantitative estimate of drug-likeness (QED) is 0.827. The van der Waals surface area contributed by atoms with E-state index in [4.69, 9.17) is 10.00 Å². The molecule has 0 aliphatic carbocycles. The van der Waals surface area contributed by atoms with Gasteiger partial charge in [0, 0.05) is 49.2 Å². The van der Waals surface area contributed by atoms with Gasteiger partial charge in [0.1, 0.15) is 18.4 Å². The number of hydrogen-bond donors (Lipinski definition) is 0. The summed E-state index contributed by atoms with van der Waals surface area (Å²) >= 11 is 0. The number of carbonyl (C=O) groups is 1. The Hall–Kier alpha value is -3.01. The second kappa shape index (κ2) is 7.70. The minimum Gasteiger partial charge on any atom is -0.496 e. The number of aryl methyl sites for hydroxylation is 1. The molecule has 0 saturated carbocycles. The van der Waals surface area contributed by atoms with Crippen LogP contribution in [0.2, 0.25) is 0 Å². The topological polar surface area (TPSA) is 74.4 Å². The maximum Gasteiger partial charge on any atom is 0.244 e. The molecule has 2 aromatic rings. The summed E-state index contributed by atoms with van der Waals surface area (Å²) in [5.41, 5.74) is 4.31. The van der Waals surface area contributed by atoms with E-state index in [1.54, 1.807) is 11.8 Å². The fourth-order valence-electron chi connectivity index (χ4n) is 3.34. The summed E-state index contributed by atoms with van der Waals surface area (Å²) in [7, 11) is 1.68. The smallest absolute Gasteiger partial charge is 0.244 e. The van der Waals surface area contributed by atoms with Gasteiger partial charge in [-0.3, -0.25) is 9.48 Å². The fraction of sp³-hybridized carbons (Fsp3) is 0.450. The third-order valence-electron chi connectivity index (χ3n) is 5.29. The first-order valence-corrected chi connectivity index (χ1v) is 9.06. The van der Waals surface area contributed by atoms with Crippen molar-refractivity contribution in [3.05, 3.63) is 40.7 Å². The average Bonchev–Trinajstić information content (AvgIpc) is 2.96. The highest BCUT2D eigenvalue weighted by atomic mass is 16.5. The van der Waals surface area contributed by atoms with E-state index in [9.17, 15) is 4.79 Å². The second-order valence-corrected chi connectivity index (χ2v) is 6.85. The molecule has 3 rings (SSSR count). The molecule has 1 aromatic carbocycles. The summed E-state index contributed by atoms with van der Waals surface area (Å²) in [6, 6.07) is 8.27. The van der Waals surface area contributed by atoms with Crippen LogP contribution in [0.4, 0.5) is 5.69 Å². The number of benzene rings is 1. The van der Waals surface area contributed by atoms with Gasteiger partial charge in [-0.2, -0.15) is 10.4 Å². The Morgan fingerprint density at radius 2 is 1.93 bits per heavy atom. The average molecular weight is 367 g/mol. The van der Waals surface area contributed by atoms with Crippen molar-refractivity contribution in [1.82, 2.24) is 14.7 Å². The molecule has 0 unspecified atom stereocenters. The number of carbonyl (C=O) groups excluding carboxylic acids is 1. The lowest BCUT2D eigenvalue weighted by Crippen LogP contribution is -2.49. The van der Waals surface area contributed by atoms with Gasteiger partial charge in [-0.15, -0.1) is 0 Å². The molecular weight excluding hydrogens is 342 g/mol. The second-order valence-electron chi connectivity index (χ2n) is 6.85. The van der Waals surface area contributed by atoms with Crippen LogP contribution >= 0.6 is 0 Å². The fourth-order valence-corrected chi connectivity index (χ4v) is 3.34. The summed E-state index contributed by atoms with van der Waals surface area (Å²) in [4.78, 5) is 16.8. The number of anilines is 1. The lowest BCUT2D eigenvalue weighted by molar-refractivity contribution is -0.132. The molecule has 0 atom stereocenters. The zero-order chi connectivity index (χ0) is 19.6.